The molecular weight excluding hydrogens is 262 g/mol. The van der Waals surface area contributed by atoms with Crippen LogP contribution in [0.4, 0.5) is 0 Å². The van der Waals surface area contributed by atoms with Gasteiger partial charge in [0.05, 0.1) is 23.0 Å². The van der Waals surface area contributed by atoms with Crippen molar-refractivity contribution in [3.63, 3.8) is 0 Å². The molecule has 2 heterocycles. The largest absolute Gasteiger partial charge is 0.379 e. The highest BCUT2D eigenvalue weighted by atomic mass is 32.2. The van der Waals surface area contributed by atoms with Crippen LogP contribution in [0.2, 0.25) is 0 Å². The minimum atomic E-state index is -3.30. The van der Waals surface area contributed by atoms with Gasteiger partial charge in [-0.15, -0.1) is 0 Å². The Labute approximate surface area is 113 Å². The van der Waals surface area contributed by atoms with Gasteiger partial charge in [-0.25, -0.2) is 8.42 Å². The third kappa shape index (κ3) is 2.22. The molecule has 1 fully saturated rings. The van der Waals surface area contributed by atoms with Crippen LogP contribution in [0.1, 0.15) is 11.1 Å². The van der Waals surface area contributed by atoms with Gasteiger partial charge in [-0.3, -0.25) is 4.90 Å². The quantitative estimate of drug-likeness (QED) is 0.822. The first-order valence-electron chi connectivity index (χ1n) is 6.44. The lowest BCUT2D eigenvalue weighted by Gasteiger charge is -2.26. The standard InChI is InChI=1S/C14H17NO3S/c1-11-3-2-4-12-9-13(19(16,17)14(11)12)10-15-5-7-18-8-6-15/h2-4,9H,5-8,10H2,1H3. The Morgan fingerprint density at radius 2 is 2.00 bits per heavy atom. The van der Waals surface area contributed by atoms with Gasteiger partial charge in [0, 0.05) is 19.6 Å². The van der Waals surface area contributed by atoms with Crippen molar-refractivity contribution in [3.8, 4) is 0 Å². The van der Waals surface area contributed by atoms with E-state index in [-0.39, 0.29) is 0 Å². The van der Waals surface area contributed by atoms with Crippen LogP contribution < -0.4 is 0 Å². The van der Waals surface area contributed by atoms with Crippen LogP contribution in [0.5, 0.6) is 0 Å². The monoisotopic (exact) mass is 279 g/mol. The number of morpholine rings is 1. The van der Waals surface area contributed by atoms with E-state index in [2.05, 4.69) is 4.90 Å². The van der Waals surface area contributed by atoms with Gasteiger partial charge in [0.25, 0.3) is 0 Å². The van der Waals surface area contributed by atoms with Crippen molar-refractivity contribution in [2.45, 2.75) is 11.8 Å². The SMILES string of the molecule is Cc1cccc2c1S(=O)(=O)C(CN1CCOCC1)=C2. The van der Waals surface area contributed by atoms with Gasteiger partial charge in [-0.2, -0.15) is 0 Å². The molecule has 0 atom stereocenters. The van der Waals surface area contributed by atoms with E-state index in [1.807, 2.05) is 31.2 Å². The number of rotatable bonds is 2. The Bertz CT molecular complexity index is 628. The molecule has 0 bridgehead atoms. The number of aryl methyl sites for hydroxylation is 1. The van der Waals surface area contributed by atoms with Crippen molar-refractivity contribution in [1.29, 1.82) is 0 Å². The number of sulfone groups is 1. The minimum Gasteiger partial charge on any atom is -0.379 e. The third-order valence-electron chi connectivity index (χ3n) is 3.66. The fourth-order valence-corrected chi connectivity index (χ4v) is 4.47. The van der Waals surface area contributed by atoms with Crippen LogP contribution >= 0.6 is 0 Å². The van der Waals surface area contributed by atoms with E-state index in [1.54, 1.807) is 0 Å². The molecule has 0 saturated carbocycles. The van der Waals surface area contributed by atoms with Gasteiger partial charge in [0.2, 0.25) is 9.84 Å². The molecule has 1 aromatic carbocycles. The molecule has 2 aliphatic rings. The Hall–Kier alpha value is -1.17. The number of ether oxygens (including phenoxy) is 1. The van der Waals surface area contributed by atoms with Crippen molar-refractivity contribution in [2.24, 2.45) is 0 Å². The topological polar surface area (TPSA) is 46.6 Å². The Morgan fingerprint density at radius 3 is 2.68 bits per heavy atom. The Balaban J connectivity index is 1.91. The summed E-state index contributed by atoms with van der Waals surface area (Å²) in [4.78, 5) is 3.13. The molecule has 0 radical (unpaired) electrons. The summed E-state index contributed by atoms with van der Waals surface area (Å²) >= 11 is 0. The molecule has 0 unspecified atom stereocenters. The molecule has 0 aliphatic carbocycles. The van der Waals surface area contributed by atoms with E-state index in [0.29, 0.717) is 29.6 Å². The molecule has 0 aromatic heterocycles. The van der Waals surface area contributed by atoms with Gasteiger partial charge in [0.1, 0.15) is 0 Å². The summed E-state index contributed by atoms with van der Waals surface area (Å²) in [6, 6.07) is 5.62. The second kappa shape index (κ2) is 4.74. The van der Waals surface area contributed by atoms with E-state index in [9.17, 15) is 8.42 Å². The lowest BCUT2D eigenvalue weighted by molar-refractivity contribution is 0.0430. The van der Waals surface area contributed by atoms with Gasteiger partial charge in [0.15, 0.2) is 0 Å². The normalized spacial score (nSPS) is 22.1. The maximum atomic E-state index is 12.6. The first-order chi connectivity index (χ1) is 9.09. The van der Waals surface area contributed by atoms with Crippen LogP contribution in [-0.4, -0.2) is 46.2 Å². The van der Waals surface area contributed by atoms with Crippen molar-refractivity contribution in [3.05, 3.63) is 34.2 Å². The molecule has 2 aliphatic heterocycles. The van der Waals surface area contributed by atoms with E-state index < -0.39 is 9.84 Å². The fraction of sp³-hybridized carbons (Fsp3) is 0.429. The molecular formula is C14H17NO3S. The fourth-order valence-electron chi connectivity index (χ4n) is 2.65. The van der Waals surface area contributed by atoms with Crippen LogP contribution in [-0.2, 0) is 14.6 Å². The average Bonchev–Trinajstić information content (AvgIpc) is 2.63. The average molecular weight is 279 g/mol. The molecule has 0 spiro atoms. The van der Waals surface area contributed by atoms with Gasteiger partial charge in [-0.05, 0) is 24.1 Å². The summed E-state index contributed by atoms with van der Waals surface area (Å²) in [7, 11) is -3.30. The summed E-state index contributed by atoms with van der Waals surface area (Å²) in [6.07, 6.45) is 1.81. The summed E-state index contributed by atoms with van der Waals surface area (Å²) < 4.78 is 30.4. The van der Waals surface area contributed by atoms with Crippen LogP contribution in [0.3, 0.4) is 0 Å². The predicted molar refractivity (Wildman–Crippen MR) is 73.6 cm³/mol. The molecule has 0 amide bonds. The second-order valence-corrected chi connectivity index (χ2v) is 6.94. The zero-order chi connectivity index (χ0) is 13.5. The highest BCUT2D eigenvalue weighted by Gasteiger charge is 2.32. The molecule has 1 saturated heterocycles. The molecule has 102 valence electrons. The lowest BCUT2D eigenvalue weighted by Crippen LogP contribution is -2.38. The first-order valence-corrected chi connectivity index (χ1v) is 7.93. The van der Waals surface area contributed by atoms with Crippen LogP contribution in [0.15, 0.2) is 28.0 Å². The molecule has 5 heteroatoms. The summed E-state index contributed by atoms with van der Waals surface area (Å²) in [5.74, 6) is 0. The molecule has 4 nitrogen and oxygen atoms in total. The van der Waals surface area contributed by atoms with Gasteiger partial charge >= 0.3 is 0 Å². The van der Waals surface area contributed by atoms with Crippen molar-refractivity contribution < 1.29 is 13.2 Å². The minimum absolute atomic E-state index is 0.484. The summed E-state index contributed by atoms with van der Waals surface area (Å²) in [5.41, 5.74) is 1.65. The highest BCUT2D eigenvalue weighted by Crippen LogP contribution is 2.35. The van der Waals surface area contributed by atoms with E-state index in [0.717, 1.165) is 24.2 Å². The number of hydrogen-bond acceptors (Lipinski definition) is 4. The van der Waals surface area contributed by atoms with Gasteiger partial charge in [-0.1, -0.05) is 18.2 Å². The molecule has 1 aromatic rings. The van der Waals surface area contributed by atoms with E-state index in [1.165, 1.54) is 0 Å². The number of hydrogen-bond donors (Lipinski definition) is 0. The first kappa shape index (κ1) is 12.8. The van der Waals surface area contributed by atoms with Gasteiger partial charge < -0.3 is 4.74 Å². The number of fused-ring (bicyclic) bond motifs is 1. The zero-order valence-corrected chi connectivity index (χ0v) is 11.7. The Kier molecular flexibility index (Phi) is 3.20. The van der Waals surface area contributed by atoms with Crippen molar-refractivity contribution in [1.82, 2.24) is 4.90 Å². The maximum absolute atomic E-state index is 12.6. The lowest BCUT2D eigenvalue weighted by atomic mass is 10.1. The van der Waals surface area contributed by atoms with Crippen LogP contribution in [0.25, 0.3) is 6.08 Å². The van der Waals surface area contributed by atoms with Crippen LogP contribution in [0, 0.1) is 6.92 Å². The van der Waals surface area contributed by atoms with E-state index in [4.69, 9.17) is 4.74 Å². The Morgan fingerprint density at radius 1 is 1.26 bits per heavy atom. The summed E-state index contributed by atoms with van der Waals surface area (Å²) in [5, 5.41) is 0. The molecule has 3 rings (SSSR count). The zero-order valence-electron chi connectivity index (χ0n) is 10.9. The third-order valence-corrected chi connectivity index (χ3v) is 5.69. The van der Waals surface area contributed by atoms with E-state index >= 15 is 0 Å². The predicted octanol–water partition coefficient (Wildman–Crippen LogP) is 1.46. The maximum Gasteiger partial charge on any atom is 0.204 e. The molecule has 19 heavy (non-hydrogen) atoms. The highest BCUT2D eigenvalue weighted by molar-refractivity contribution is 7.96. The van der Waals surface area contributed by atoms with Crippen molar-refractivity contribution in [2.75, 3.05) is 32.8 Å². The molecule has 0 N–H and O–H groups in total. The smallest absolute Gasteiger partial charge is 0.204 e. The van der Waals surface area contributed by atoms with Crippen molar-refractivity contribution >= 4 is 15.9 Å². The second-order valence-electron chi connectivity index (χ2n) is 5.00. The number of nitrogens with zero attached hydrogens (tertiary/aromatic N) is 1. The number of benzene rings is 1. The summed E-state index contributed by atoms with van der Waals surface area (Å²) in [6.45, 7) is 5.28.